The molecule has 2 aromatic carbocycles. The number of methoxy groups -OCH3 is 2. The minimum atomic E-state index is -3.87. The number of carbonyl (C=O) groups is 1. The zero-order valence-corrected chi connectivity index (χ0v) is 18.7. The van der Waals surface area contributed by atoms with Gasteiger partial charge in [0.1, 0.15) is 5.75 Å². The first-order chi connectivity index (χ1) is 14.4. The number of nitrogens with zero attached hydrogens (tertiary/aromatic N) is 1. The quantitative estimate of drug-likeness (QED) is 0.498. The Labute approximate surface area is 183 Å². The molecule has 0 spiro atoms. The molecule has 2 rings (SSSR count). The second kappa shape index (κ2) is 11.9. The van der Waals surface area contributed by atoms with Gasteiger partial charge in [0.15, 0.2) is 0 Å². The summed E-state index contributed by atoms with van der Waals surface area (Å²) in [6, 6.07) is 13.6. The van der Waals surface area contributed by atoms with Crippen LogP contribution in [0.3, 0.4) is 0 Å². The molecule has 7 nitrogen and oxygen atoms in total. The maximum Gasteiger partial charge on any atom is 0.243 e. The highest BCUT2D eigenvalue weighted by Crippen LogP contribution is 2.20. The van der Waals surface area contributed by atoms with Crippen molar-refractivity contribution in [3.8, 4) is 5.75 Å². The van der Waals surface area contributed by atoms with Crippen LogP contribution < -0.4 is 10.1 Å². The van der Waals surface area contributed by atoms with Gasteiger partial charge in [-0.15, -0.1) is 0 Å². The van der Waals surface area contributed by atoms with Crippen LogP contribution >= 0.6 is 11.6 Å². The summed E-state index contributed by atoms with van der Waals surface area (Å²) in [4.78, 5) is 12.5. The predicted octanol–water partition coefficient (Wildman–Crippen LogP) is 2.73. The molecule has 0 aliphatic carbocycles. The second-order valence-corrected chi connectivity index (χ2v) is 8.96. The summed E-state index contributed by atoms with van der Waals surface area (Å²) in [5, 5.41) is 3.10. The largest absolute Gasteiger partial charge is 0.497 e. The minimum Gasteiger partial charge on any atom is -0.497 e. The Balaban J connectivity index is 1.99. The second-order valence-electron chi connectivity index (χ2n) is 6.59. The predicted molar refractivity (Wildman–Crippen MR) is 116 cm³/mol. The first kappa shape index (κ1) is 24.1. The van der Waals surface area contributed by atoms with E-state index in [1.165, 1.54) is 12.1 Å². The molecule has 0 saturated carbocycles. The topological polar surface area (TPSA) is 84.9 Å². The van der Waals surface area contributed by atoms with E-state index in [1.807, 2.05) is 24.3 Å². The van der Waals surface area contributed by atoms with Crippen molar-refractivity contribution in [2.75, 3.05) is 40.5 Å². The van der Waals surface area contributed by atoms with E-state index in [9.17, 15) is 13.2 Å². The highest BCUT2D eigenvalue weighted by Gasteiger charge is 2.26. The summed E-state index contributed by atoms with van der Waals surface area (Å²) in [7, 11) is -0.720. The molecule has 0 radical (unpaired) electrons. The fourth-order valence-electron chi connectivity index (χ4n) is 2.80. The molecule has 0 bridgehead atoms. The molecule has 30 heavy (non-hydrogen) atoms. The summed E-state index contributed by atoms with van der Waals surface area (Å²) in [5.74, 6) is 0.396. The molecule has 1 amide bonds. The highest BCUT2D eigenvalue weighted by atomic mass is 35.5. The molecule has 1 N–H and O–H groups in total. The average Bonchev–Trinajstić information content (AvgIpc) is 2.73. The Kier molecular flexibility index (Phi) is 9.58. The minimum absolute atomic E-state index is 0.0541. The lowest BCUT2D eigenvalue weighted by Gasteiger charge is -2.22. The molecular formula is C21H27ClN2O5S. The van der Waals surface area contributed by atoms with E-state index in [4.69, 9.17) is 21.1 Å². The molecular weight excluding hydrogens is 428 g/mol. The molecule has 0 unspecified atom stereocenters. The van der Waals surface area contributed by atoms with Gasteiger partial charge in [0.05, 0.1) is 18.6 Å². The third kappa shape index (κ3) is 7.28. The number of carbonyl (C=O) groups excluding carboxylic acids is 1. The van der Waals surface area contributed by atoms with Crippen molar-refractivity contribution in [2.45, 2.75) is 17.7 Å². The third-order valence-electron chi connectivity index (χ3n) is 4.40. The summed E-state index contributed by atoms with van der Waals surface area (Å²) in [6.07, 6.45) is 1.09. The van der Waals surface area contributed by atoms with Crippen molar-refractivity contribution in [3.05, 3.63) is 59.1 Å². The number of nitrogens with one attached hydrogen (secondary N) is 1. The van der Waals surface area contributed by atoms with Crippen LogP contribution in [0.25, 0.3) is 0 Å². The van der Waals surface area contributed by atoms with Crippen LogP contribution in [0.1, 0.15) is 12.0 Å². The van der Waals surface area contributed by atoms with Crippen LogP contribution in [0, 0.1) is 0 Å². The monoisotopic (exact) mass is 454 g/mol. The Morgan fingerprint density at radius 3 is 2.50 bits per heavy atom. The van der Waals surface area contributed by atoms with Gasteiger partial charge >= 0.3 is 0 Å². The van der Waals surface area contributed by atoms with Gasteiger partial charge in [-0.2, -0.15) is 4.31 Å². The van der Waals surface area contributed by atoms with Gasteiger partial charge < -0.3 is 14.8 Å². The molecule has 164 valence electrons. The van der Waals surface area contributed by atoms with Gasteiger partial charge in [0, 0.05) is 31.8 Å². The first-order valence-electron chi connectivity index (χ1n) is 9.51. The smallest absolute Gasteiger partial charge is 0.243 e. The molecule has 0 aliphatic rings. The van der Waals surface area contributed by atoms with E-state index in [2.05, 4.69) is 5.32 Å². The summed E-state index contributed by atoms with van der Waals surface area (Å²) < 4.78 is 37.3. The number of ether oxygens (including phenoxy) is 2. The summed E-state index contributed by atoms with van der Waals surface area (Å²) in [5.41, 5.74) is 1.04. The van der Waals surface area contributed by atoms with Crippen LogP contribution in [0.2, 0.25) is 5.02 Å². The van der Waals surface area contributed by atoms with E-state index >= 15 is 0 Å². The maximum absolute atomic E-state index is 13.0. The Bertz CT molecular complexity index is 919. The molecule has 0 saturated heterocycles. The molecule has 0 aromatic heterocycles. The number of amides is 1. The number of sulfonamides is 1. The normalized spacial score (nSPS) is 11.5. The van der Waals surface area contributed by atoms with Gasteiger partial charge in [-0.05, 0) is 48.7 Å². The van der Waals surface area contributed by atoms with E-state index < -0.39 is 10.0 Å². The number of rotatable bonds is 12. The molecule has 2 aromatic rings. The van der Waals surface area contributed by atoms with Crippen molar-refractivity contribution >= 4 is 27.5 Å². The van der Waals surface area contributed by atoms with Gasteiger partial charge in [-0.1, -0.05) is 29.8 Å². The molecule has 0 heterocycles. The zero-order chi connectivity index (χ0) is 22.0. The van der Waals surface area contributed by atoms with E-state index in [-0.39, 0.29) is 23.9 Å². The van der Waals surface area contributed by atoms with E-state index in [0.29, 0.717) is 31.0 Å². The zero-order valence-electron chi connectivity index (χ0n) is 17.1. The van der Waals surface area contributed by atoms with Crippen molar-refractivity contribution in [3.63, 3.8) is 0 Å². The van der Waals surface area contributed by atoms with Crippen LogP contribution in [-0.4, -0.2) is 59.1 Å². The fourth-order valence-corrected chi connectivity index (χ4v) is 4.54. The highest BCUT2D eigenvalue weighted by molar-refractivity contribution is 7.89. The van der Waals surface area contributed by atoms with Crippen molar-refractivity contribution in [2.24, 2.45) is 0 Å². The first-order valence-corrected chi connectivity index (χ1v) is 11.3. The molecule has 0 fully saturated rings. The lowest BCUT2D eigenvalue weighted by atomic mass is 10.1. The summed E-state index contributed by atoms with van der Waals surface area (Å²) >= 11 is 5.94. The maximum atomic E-state index is 13.0. The Hall–Kier alpha value is -2.13. The van der Waals surface area contributed by atoms with Crippen LogP contribution in [0.4, 0.5) is 0 Å². The number of benzene rings is 2. The van der Waals surface area contributed by atoms with Gasteiger partial charge in [0.2, 0.25) is 15.9 Å². The Morgan fingerprint density at radius 2 is 1.87 bits per heavy atom. The molecule has 0 aliphatic heterocycles. The third-order valence-corrected chi connectivity index (χ3v) is 6.48. The average molecular weight is 455 g/mol. The number of hydrogen-bond acceptors (Lipinski definition) is 5. The van der Waals surface area contributed by atoms with E-state index in [0.717, 1.165) is 15.6 Å². The SMILES string of the molecule is COCCCN(CC(=O)NCCc1ccc(OC)cc1)S(=O)(=O)c1cccc(Cl)c1. The lowest BCUT2D eigenvalue weighted by Crippen LogP contribution is -2.42. The number of halogens is 1. The van der Waals surface area contributed by atoms with Gasteiger partial charge in [-0.3, -0.25) is 4.79 Å². The van der Waals surface area contributed by atoms with Crippen LogP contribution in [-0.2, 0) is 26.0 Å². The van der Waals surface area contributed by atoms with Crippen LogP contribution in [0.5, 0.6) is 5.75 Å². The van der Waals surface area contributed by atoms with Crippen molar-refractivity contribution in [1.29, 1.82) is 0 Å². The summed E-state index contributed by atoms with van der Waals surface area (Å²) in [6.45, 7) is 0.671. The van der Waals surface area contributed by atoms with Crippen molar-refractivity contribution < 1.29 is 22.7 Å². The molecule has 0 atom stereocenters. The van der Waals surface area contributed by atoms with Crippen molar-refractivity contribution in [1.82, 2.24) is 9.62 Å². The standard InChI is InChI=1S/C21H27ClN2O5S/c1-28-14-4-13-24(30(26,27)20-6-3-5-18(22)15-20)16-21(25)23-12-11-17-7-9-19(29-2)10-8-17/h3,5-10,15H,4,11-14,16H2,1-2H3,(H,23,25). The lowest BCUT2D eigenvalue weighted by molar-refractivity contribution is -0.121. The van der Waals surface area contributed by atoms with Gasteiger partial charge in [0.25, 0.3) is 0 Å². The Morgan fingerprint density at radius 1 is 1.13 bits per heavy atom. The molecule has 9 heteroatoms. The number of hydrogen-bond donors (Lipinski definition) is 1. The van der Waals surface area contributed by atoms with Crippen LogP contribution in [0.15, 0.2) is 53.4 Å². The fraction of sp³-hybridized carbons (Fsp3) is 0.381. The van der Waals surface area contributed by atoms with E-state index in [1.54, 1.807) is 26.4 Å². The van der Waals surface area contributed by atoms with Gasteiger partial charge in [-0.25, -0.2) is 8.42 Å².